The van der Waals surface area contributed by atoms with Crippen molar-refractivity contribution in [3.05, 3.63) is 0 Å². The molecule has 0 spiro atoms. The first-order valence-corrected chi connectivity index (χ1v) is 6.91. The molecular formula is C13H27N3O2. The van der Waals surface area contributed by atoms with Gasteiger partial charge in [0.05, 0.1) is 13.2 Å². The summed E-state index contributed by atoms with van der Waals surface area (Å²) in [7, 11) is 2.09. The lowest BCUT2D eigenvalue weighted by Gasteiger charge is -2.25. The van der Waals surface area contributed by atoms with Gasteiger partial charge in [0.2, 0.25) is 5.91 Å². The Labute approximate surface area is 110 Å². The standard InChI is InChI=1S/C13H27N3O2/c1-4-11(2)16(3)7-5-15-13(17)9-12-10-18-8-6-14-12/h11-12,14H,4-10H2,1-3H3,(H,15,17). The van der Waals surface area contributed by atoms with Crippen LogP contribution in [0.5, 0.6) is 0 Å². The van der Waals surface area contributed by atoms with Gasteiger partial charge >= 0.3 is 0 Å². The third-order valence-electron chi connectivity index (χ3n) is 3.56. The number of ether oxygens (including phenoxy) is 1. The van der Waals surface area contributed by atoms with E-state index in [-0.39, 0.29) is 11.9 Å². The van der Waals surface area contributed by atoms with Crippen molar-refractivity contribution in [2.45, 2.75) is 38.8 Å². The van der Waals surface area contributed by atoms with Crippen LogP contribution < -0.4 is 10.6 Å². The Morgan fingerprint density at radius 2 is 2.39 bits per heavy atom. The summed E-state index contributed by atoms with van der Waals surface area (Å²) in [5, 5.41) is 6.24. The fraction of sp³-hybridized carbons (Fsp3) is 0.923. The van der Waals surface area contributed by atoms with E-state index >= 15 is 0 Å². The number of carbonyl (C=O) groups is 1. The van der Waals surface area contributed by atoms with Crippen LogP contribution >= 0.6 is 0 Å². The van der Waals surface area contributed by atoms with Crippen molar-refractivity contribution in [3.63, 3.8) is 0 Å². The van der Waals surface area contributed by atoms with E-state index in [1.807, 2.05) is 0 Å². The zero-order valence-electron chi connectivity index (χ0n) is 11.9. The molecule has 2 unspecified atom stereocenters. The molecular weight excluding hydrogens is 230 g/mol. The average Bonchev–Trinajstić information content (AvgIpc) is 2.38. The summed E-state index contributed by atoms with van der Waals surface area (Å²) in [6.07, 6.45) is 1.64. The van der Waals surface area contributed by atoms with Crippen LogP contribution in [0.15, 0.2) is 0 Å². The molecule has 0 aromatic carbocycles. The first-order valence-electron chi connectivity index (χ1n) is 6.91. The van der Waals surface area contributed by atoms with E-state index in [0.717, 1.165) is 26.1 Å². The fourth-order valence-corrected chi connectivity index (χ4v) is 1.95. The van der Waals surface area contributed by atoms with Crippen molar-refractivity contribution in [2.75, 3.05) is 39.9 Å². The van der Waals surface area contributed by atoms with Gasteiger partial charge in [-0.15, -0.1) is 0 Å². The topological polar surface area (TPSA) is 53.6 Å². The van der Waals surface area contributed by atoms with Gasteiger partial charge in [0, 0.05) is 38.1 Å². The molecule has 0 radical (unpaired) electrons. The van der Waals surface area contributed by atoms with Crippen molar-refractivity contribution < 1.29 is 9.53 Å². The number of hydrogen-bond donors (Lipinski definition) is 2. The minimum atomic E-state index is 0.107. The van der Waals surface area contributed by atoms with E-state index in [0.29, 0.717) is 25.6 Å². The van der Waals surface area contributed by atoms with Gasteiger partial charge in [-0.3, -0.25) is 4.79 Å². The van der Waals surface area contributed by atoms with Gasteiger partial charge in [0.1, 0.15) is 0 Å². The highest BCUT2D eigenvalue weighted by atomic mass is 16.5. The maximum atomic E-state index is 11.7. The van der Waals surface area contributed by atoms with Crippen molar-refractivity contribution >= 4 is 5.91 Å². The zero-order valence-corrected chi connectivity index (χ0v) is 11.9. The fourth-order valence-electron chi connectivity index (χ4n) is 1.95. The Bertz CT molecular complexity index is 242. The van der Waals surface area contributed by atoms with Gasteiger partial charge < -0.3 is 20.3 Å². The maximum Gasteiger partial charge on any atom is 0.221 e. The van der Waals surface area contributed by atoms with E-state index in [2.05, 4.69) is 36.4 Å². The lowest BCUT2D eigenvalue weighted by atomic mass is 10.2. The Morgan fingerprint density at radius 3 is 3.00 bits per heavy atom. The molecule has 5 heteroatoms. The smallest absolute Gasteiger partial charge is 0.221 e. The molecule has 106 valence electrons. The molecule has 0 aromatic heterocycles. The first-order chi connectivity index (χ1) is 8.63. The summed E-state index contributed by atoms with van der Waals surface area (Å²) in [5.41, 5.74) is 0. The highest BCUT2D eigenvalue weighted by Gasteiger charge is 2.16. The maximum absolute atomic E-state index is 11.7. The predicted octanol–water partition coefficient (Wildman–Crippen LogP) is 0.211. The molecule has 5 nitrogen and oxygen atoms in total. The van der Waals surface area contributed by atoms with E-state index in [1.54, 1.807) is 0 Å². The summed E-state index contributed by atoms with van der Waals surface area (Å²) < 4.78 is 5.32. The normalized spacial score (nSPS) is 21.9. The van der Waals surface area contributed by atoms with Crippen LogP contribution in [0, 0.1) is 0 Å². The molecule has 0 bridgehead atoms. The van der Waals surface area contributed by atoms with Crippen LogP contribution in [0.3, 0.4) is 0 Å². The van der Waals surface area contributed by atoms with Crippen LogP contribution in [0.2, 0.25) is 0 Å². The number of rotatable bonds is 7. The molecule has 2 atom stereocenters. The largest absolute Gasteiger partial charge is 0.378 e. The highest BCUT2D eigenvalue weighted by Crippen LogP contribution is 1.99. The van der Waals surface area contributed by atoms with Gasteiger partial charge in [-0.25, -0.2) is 0 Å². The first kappa shape index (κ1) is 15.4. The second kappa shape index (κ2) is 8.45. The van der Waals surface area contributed by atoms with Crippen LogP contribution in [-0.2, 0) is 9.53 Å². The third-order valence-corrected chi connectivity index (χ3v) is 3.56. The quantitative estimate of drug-likeness (QED) is 0.685. The summed E-state index contributed by atoms with van der Waals surface area (Å²) >= 11 is 0. The Hall–Kier alpha value is -0.650. The van der Waals surface area contributed by atoms with Crippen LogP contribution in [0.1, 0.15) is 26.7 Å². The lowest BCUT2D eigenvalue weighted by molar-refractivity contribution is -0.122. The molecule has 1 saturated heterocycles. The number of nitrogens with zero attached hydrogens (tertiary/aromatic N) is 1. The average molecular weight is 257 g/mol. The predicted molar refractivity (Wildman–Crippen MR) is 72.6 cm³/mol. The molecule has 18 heavy (non-hydrogen) atoms. The van der Waals surface area contributed by atoms with Crippen molar-refractivity contribution in [1.29, 1.82) is 0 Å². The number of nitrogens with one attached hydrogen (secondary N) is 2. The SMILES string of the molecule is CCC(C)N(C)CCNC(=O)CC1COCCN1. The Morgan fingerprint density at radius 1 is 1.61 bits per heavy atom. The molecule has 1 aliphatic rings. The molecule has 1 aliphatic heterocycles. The van der Waals surface area contributed by atoms with Gasteiger partial charge in [0.25, 0.3) is 0 Å². The van der Waals surface area contributed by atoms with Crippen LogP contribution in [0.25, 0.3) is 0 Å². The van der Waals surface area contributed by atoms with Gasteiger partial charge in [-0.2, -0.15) is 0 Å². The van der Waals surface area contributed by atoms with Crippen molar-refractivity contribution in [3.8, 4) is 0 Å². The Balaban J connectivity index is 2.09. The summed E-state index contributed by atoms with van der Waals surface area (Å²) in [4.78, 5) is 14.0. The molecule has 1 rings (SSSR count). The highest BCUT2D eigenvalue weighted by molar-refractivity contribution is 5.76. The molecule has 1 heterocycles. The molecule has 0 aromatic rings. The number of amides is 1. The van der Waals surface area contributed by atoms with Crippen LogP contribution in [-0.4, -0.2) is 62.8 Å². The van der Waals surface area contributed by atoms with E-state index < -0.39 is 0 Å². The number of likely N-dealkylation sites (N-methyl/N-ethyl adjacent to an activating group) is 1. The second-order valence-corrected chi connectivity index (χ2v) is 5.02. The van der Waals surface area contributed by atoms with Crippen molar-refractivity contribution in [2.24, 2.45) is 0 Å². The van der Waals surface area contributed by atoms with Gasteiger partial charge in [-0.05, 0) is 20.4 Å². The van der Waals surface area contributed by atoms with Gasteiger partial charge in [0.15, 0.2) is 0 Å². The Kier molecular flexibility index (Phi) is 7.23. The minimum absolute atomic E-state index is 0.107. The summed E-state index contributed by atoms with van der Waals surface area (Å²) in [6, 6.07) is 0.737. The molecule has 2 N–H and O–H groups in total. The van der Waals surface area contributed by atoms with Crippen molar-refractivity contribution in [1.82, 2.24) is 15.5 Å². The third kappa shape index (κ3) is 5.80. The number of carbonyl (C=O) groups excluding carboxylic acids is 1. The number of morpholine rings is 1. The summed E-state index contributed by atoms with van der Waals surface area (Å²) in [6.45, 7) is 8.22. The monoisotopic (exact) mass is 257 g/mol. The second-order valence-electron chi connectivity index (χ2n) is 5.02. The summed E-state index contributed by atoms with van der Waals surface area (Å²) in [5.74, 6) is 0.107. The van der Waals surface area contributed by atoms with E-state index in [1.165, 1.54) is 0 Å². The van der Waals surface area contributed by atoms with E-state index in [9.17, 15) is 4.79 Å². The van der Waals surface area contributed by atoms with Crippen LogP contribution in [0.4, 0.5) is 0 Å². The molecule has 0 aliphatic carbocycles. The number of hydrogen-bond acceptors (Lipinski definition) is 4. The zero-order chi connectivity index (χ0) is 13.4. The molecule has 1 fully saturated rings. The lowest BCUT2D eigenvalue weighted by Crippen LogP contribution is -2.45. The molecule has 1 amide bonds. The van der Waals surface area contributed by atoms with E-state index in [4.69, 9.17) is 4.74 Å². The van der Waals surface area contributed by atoms with Gasteiger partial charge in [-0.1, -0.05) is 6.92 Å². The molecule has 0 saturated carbocycles. The minimum Gasteiger partial charge on any atom is -0.378 e.